The molecule has 0 saturated heterocycles. The zero-order valence-corrected chi connectivity index (χ0v) is 13.1. The number of fused-ring (bicyclic) bond motifs is 1. The lowest BCUT2D eigenvalue weighted by molar-refractivity contribution is 0.417. The van der Waals surface area contributed by atoms with Gasteiger partial charge in [0.05, 0.1) is 0 Å². The molecule has 2 rings (SSSR count). The van der Waals surface area contributed by atoms with Crippen LogP contribution < -0.4 is 5.32 Å². The zero-order chi connectivity index (χ0) is 13.7. The summed E-state index contributed by atoms with van der Waals surface area (Å²) in [4.78, 5) is 0. The number of nitrogens with one attached hydrogen (secondary N) is 1. The van der Waals surface area contributed by atoms with Crippen LogP contribution in [-0.2, 0) is 6.42 Å². The molecule has 19 heavy (non-hydrogen) atoms. The fourth-order valence-electron chi connectivity index (χ4n) is 2.31. The standard InChI is InChI=1S/C17H25NS/c1-17(2,3)18-12-8-4-5-9-14-13-19-16-11-7-6-10-15(14)16/h6-7,10-11,13,18H,4-5,8-9,12H2,1-3H3. The molecule has 0 amide bonds. The van der Waals surface area contributed by atoms with Crippen molar-refractivity contribution < 1.29 is 0 Å². The molecule has 0 saturated carbocycles. The molecule has 0 radical (unpaired) electrons. The maximum absolute atomic E-state index is 3.55. The second kappa shape index (κ2) is 6.53. The lowest BCUT2D eigenvalue weighted by Crippen LogP contribution is -2.36. The largest absolute Gasteiger partial charge is 0.312 e. The lowest BCUT2D eigenvalue weighted by Gasteiger charge is -2.20. The Morgan fingerprint density at radius 1 is 1.05 bits per heavy atom. The summed E-state index contributed by atoms with van der Waals surface area (Å²) in [5.41, 5.74) is 1.79. The van der Waals surface area contributed by atoms with Gasteiger partial charge in [-0.05, 0) is 69.0 Å². The van der Waals surface area contributed by atoms with Crippen LogP contribution >= 0.6 is 11.3 Å². The third-order valence-corrected chi connectivity index (χ3v) is 4.35. The van der Waals surface area contributed by atoms with Gasteiger partial charge in [-0.3, -0.25) is 0 Å². The van der Waals surface area contributed by atoms with Crippen molar-refractivity contribution in [3.8, 4) is 0 Å². The Hall–Kier alpha value is -0.860. The summed E-state index contributed by atoms with van der Waals surface area (Å²) in [7, 11) is 0. The number of thiophene rings is 1. The van der Waals surface area contributed by atoms with Crippen LogP contribution in [0.15, 0.2) is 29.6 Å². The first-order chi connectivity index (χ1) is 9.06. The van der Waals surface area contributed by atoms with E-state index in [1.807, 2.05) is 11.3 Å². The molecule has 0 atom stereocenters. The van der Waals surface area contributed by atoms with Crippen LogP contribution in [0.2, 0.25) is 0 Å². The minimum absolute atomic E-state index is 0.254. The number of benzene rings is 1. The van der Waals surface area contributed by atoms with Gasteiger partial charge in [-0.25, -0.2) is 0 Å². The van der Waals surface area contributed by atoms with Crippen molar-refractivity contribution in [3.63, 3.8) is 0 Å². The predicted octanol–water partition coefficient (Wildman–Crippen LogP) is 5.00. The Labute approximate surface area is 121 Å². The summed E-state index contributed by atoms with van der Waals surface area (Å²) in [5.74, 6) is 0. The van der Waals surface area contributed by atoms with Crippen LogP contribution in [0, 0.1) is 0 Å². The van der Waals surface area contributed by atoms with E-state index in [0.29, 0.717) is 0 Å². The van der Waals surface area contributed by atoms with Crippen LogP contribution in [-0.4, -0.2) is 12.1 Å². The van der Waals surface area contributed by atoms with Gasteiger partial charge in [-0.15, -0.1) is 11.3 Å². The smallest absolute Gasteiger partial charge is 0.0345 e. The predicted molar refractivity (Wildman–Crippen MR) is 87.1 cm³/mol. The molecule has 0 fully saturated rings. The van der Waals surface area contributed by atoms with Gasteiger partial charge >= 0.3 is 0 Å². The summed E-state index contributed by atoms with van der Waals surface area (Å²) >= 11 is 1.87. The van der Waals surface area contributed by atoms with Crippen molar-refractivity contribution in [1.82, 2.24) is 5.32 Å². The summed E-state index contributed by atoms with van der Waals surface area (Å²) < 4.78 is 1.42. The maximum Gasteiger partial charge on any atom is 0.0345 e. The fraction of sp³-hybridized carbons (Fsp3) is 0.529. The second-order valence-electron chi connectivity index (χ2n) is 6.24. The molecule has 2 heteroatoms. The van der Waals surface area contributed by atoms with E-state index in [-0.39, 0.29) is 5.54 Å². The van der Waals surface area contributed by atoms with Gasteiger partial charge in [0.25, 0.3) is 0 Å². The first-order valence-electron chi connectivity index (χ1n) is 7.26. The average Bonchev–Trinajstić information content (AvgIpc) is 2.76. The summed E-state index contributed by atoms with van der Waals surface area (Å²) in [6, 6.07) is 8.74. The number of unbranched alkanes of at least 4 members (excludes halogenated alkanes) is 2. The van der Waals surface area contributed by atoms with Crippen LogP contribution in [0.5, 0.6) is 0 Å². The Morgan fingerprint density at radius 3 is 2.63 bits per heavy atom. The van der Waals surface area contributed by atoms with E-state index in [1.54, 1.807) is 0 Å². The highest BCUT2D eigenvalue weighted by atomic mass is 32.1. The summed E-state index contributed by atoms with van der Waals surface area (Å²) in [6.07, 6.45) is 5.11. The van der Waals surface area contributed by atoms with Crippen molar-refractivity contribution in [1.29, 1.82) is 0 Å². The molecule has 1 nitrogen and oxygen atoms in total. The minimum Gasteiger partial charge on any atom is -0.312 e. The van der Waals surface area contributed by atoms with E-state index in [4.69, 9.17) is 0 Å². The van der Waals surface area contributed by atoms with E-state index in [2.05, 4.69) is 55.7 Å². The number of rotatable bonds is 6. The molecule has 1 aromatic carbocycles. The molecular weight excluding hydrogens is 250 g/mol. The molecule has 1 heterocycles. The van der Waals surface area contributed by atoms with Crippen molar-refractivity contribution in [2.75, 3.05) is 6.54 Å². The van der Waals surface area contributed by atoms with Gasteiger partial charge in [-0.1, -0.05) is 24.6 Å². The highest BCUT2D eigenvalue weighted by Gasteiger charge is 2.07. The van der Waals surface area contributed by atoms with E-state index in [1.165, 1.54) is 41.3 Å². The number of hydrogen-bond acceptors (Lipinski definition) is 2. The van der Waals surface area contributed by atoms with Gasteiger partial charge in [0.1, 0.15) is 0 Å². The average molecular weight is 275 g/mol. The zero-order valence-electron chi connectivity index (χ0n) is 12.3. The molecule has 0 aliphatic carbocycles. The monoisotopic (exact) mass is 275 g/mol. The highest BCUT2D eigenvalue weighted by Crippen LogP contribution is 2.26. The van der Waals surface area contributed by atoms with E-state index in [0.717, 1.165) is 6.54 Å². The molecule has 104 valence electrons. The molecule has 0 aliphatic rings. The maximum atomic E-state index is 3.55. The molecule has 0 aliphatic heterocycles. The third-order valence-electron chi connectivity index (χ3n) is 3.34. The third kappa shape index (κ3) is 4.63. The Kier molecular flexibility index (Phi) is 5.00. The van der Waals surface area contributed by atoms with E-state index in [9.17, 15) is 0 Å². The van der Waals surface area contributed by atoms with Crippen LogP contribution in [0.4, 0.5) is 0 Å². The number of aryl methyl sites for hydroxylation is 1. The first-order valence-corrected chi connectivity index (χ1v) is 8.14. The van der Waals surface area contributed by atoms with E-state index >= 15 is 0 Å². The van der Waals surface area contributed by atoms with Crippen molar-refractivity contribution >= 4 is 21.4 Å². The molecular formula is C17H25NS. The minimum atomic E-state index is 0.254. The molecule has 0 bridgehead atoms. The topological polar surface area (TPSA) is 12.0 Å². The van der Waals surface area contributed by atoms with Crippen LogP contribution in [0.1, 0.15) is 45.6 Å². The fourth-order valence-corrected chi connectivity index (χ4v) is 3.30. The van der Waals surface area contributed by atoms with Crippen LogP contribution in [0.25, 0.3) is 10.1 Å². The first kappa shape index (κ1) is 14.5. The summed E-state index contributed by atoms with van der Waals surface area (Å²) in [6.45, 7) is 7.81. The normalized spacial score (nSPS) is 12.2. The van der Waals surface area contributed by atoms with Gasteiger partial charge < -0.3 is 5.32 Å². The molecule has 0 unspecified atom stereocenters. The summed E-state index contributed by atoms with van der Waals surface area (Å²) in [5, 5.41) is 7.34. The highest BCUT2D eigenvalue weighted by molar-refractivity contribution is 7.17. The molecule has 0 spiro atoms. The SMILES string of the molecule is CC(C)(C)NCCCCCc1csc2ccccc12. The molecule has 1 N–H and O–H groups in total. The van der Waals surface area contributed by atoms with Gasteiger partial charge in [-0.2, -0.15) is 0 Å². The quantitative estimate of drug-likeness (QED) is 0.731. The Morgan fingerprint density at radius 2 is 1.84 bits per heavy atom. The van der Waals surface area contributed by atoms with Crippen LogP contribution in [0.3, 0.4) is 0 Å². The number of hydrogen-bond donors (Lipinski definition) is 1. The lowest BCUT2D eigenvalue weighted by atomic mass is 10.1. The Balaban J connectivity index is 1.71. The van der Waals surface area contributed by atoms with Gasteiger partial charge in [0.2, 0.25) is 0 Å². The van der Waals surface area contributed by atoms with Gasteiger partial charge in [0, 0.05) is 10.2 Å². The van der Waals surface area contributed by atoms with E-state index < -0.39 is 0 Å². The van der Waals surface area contributed by atoms with Crippen molar-refractivity contribution in [2.24, 2.45) is 0 Å². The second-order valence-corrected chi connectivity index (χ2v) is 7.16. The Bertz CT molecular complexity index is 507. The van der Waals surface area contributed by atoms with Gasteiger partial charge in [0.15, 0.2) is 0 Å². The molecule has 2 aromatic rings. The van der Waals surface area contributed by atoms with Crippen molar-refractivity contribution in [2.45, 2.75) is 52.0 Å². The van der Waals surface area contributed by atoms with Crippen molar-refractivity contribution in [3.05, 3.63) is 35.2 Å². The molecule has 1 aromatic heterocycles.